The van der Waals surface area contributed by atoms with Gasteiger partial charge in [0.1, 0.15) is 73.2 Å². The summed E-state index contributed by atoms with van der Waals surface area (Å²) >= 11 is 0. The number of carbonyl (C=O) groups is 1. The maximum Gasteiger partial charge on any atom is 0.315 e. The summed E-state index contributed by atoms with van der Waals surface area (Å²) in [5.74, 6) is -1.12. The molecule has 5 aliphatic carbocycles. The maximum absolute atomic E-state index is 15.6. The molecule has 9 aliphatic rings. The van der Waals surface area contributed by atoms with Crippen LogP contribution in [0.4, 0.5) is 0 Å². The fourth-order valence-electron chi connectivity index (χ4n) is 16.3. The normalized spacial score (nSPS) is 55.7. The van der Waals surface area contributed by atoms with Crippen LogP contribution in [0.3, 0.4) is 0 Å². The third-order valence-electron chi connectivity index (χ3n) is 21.1. The van der Waals surface area contributed by atoms with Crippen molar-refractivity contribution in [2.24, 2.45) is 50.2 Å². The van der Waals surface area contributed by atoms with Crippen LogP contribution in [-0.4, -0.2) is 221 Å². The van der Waals surface area contributed by atoms with Gasteiger partial charge in [0.2, 0.25) is 6.29 Å². The van der Waals surface area contributed by atoms with E-state index in [4.69, 9.17) is 37.9 Å². The van der Waals surface area contributed by atoms with E-state index in [-0.39, 0.29) is 41.6 Å². The van der Waals surface area contributed by atoms with E-state index in [1.165, 1.54) is 13.8 Å². The number of carbonyl (C=O) groups excluding carboxylic acids is 1. The smallest absolute Gasteiger partial charge is 0.315 e. The Bertz CT molecular complexity index is 2080. The largest absolute Gasteiger partial charge is 0.432 e. The summed E-state index contributed by atoms with van der Waals surface area (Å²) < 4.78 is 48.8. The number of ether oxygens (including phenoxy) is 8. The minimum atomic E-state index is -1.83. The van der Waals surface area contributed by atoms with Crippen LogP contribution in [0.25, 0.3) is 0 Å². The molecular formula is C53H86O22. The molecule has 0 amide bonds. The molecule has 29 atom stereocenters. The van der Waals surface area contributed by atoms with E-state index in [1.54, 1.807) is 0 Å². The number of esters is 1. The van der Waals surface area contributed by atoms with Gasteiger partial charge in [0, 0.05) is 5.41 Å². The first-order valence-electron chi connectivity index (χ1n) is 27.2. The van der Waals surface area contributed by atoms with Crippen molar-refractivity contribution in [1.29, 1.82) is 0 Å². The summed E-state index contributed by atoms with van der Waals surface area (Å²) in [5, 5.41) is 141. The summed E-state index contributed by atoms with van der Waals surface area (Å²) in [6.07, 6.45) is -24.0. The van der Waals surface area contributed by atoms with E-state index in [0.29, 0.717) is 44.9 Å². The van der Waals surface area contributed by atoms with Crippen LogP contribution >= 0.6 is 0 Å². The van der Waals surface area contributed by atoms with E-state index in [2.05, 4.69) is 40.7 Å². The molecule has 4 saturated heterocycles. The van der Waals surface area contributed by atoms with Crippen LogP contribution in [0.15, 0.2) is 11.6 Å². The lowest BCUT2D eigenvalue weighted by molar-refractivity contribution is -0.372. The number of allylic oxidation sites excluding steroid dienone is 2. The first-order valence-corrected chi connectivity index (χ1v) is 27.2. The van der Waals surface area contributed by atoms with Gasteiger partial charge in [-0.3, -0.25) is 4.79 Å². The van der Waals surface area contributed by atoms with E-state index in [0.717, 1.165) is 12.0 Å². The van der Waals surface area contributed by atoms with Gasteiger partial charge in [-0.05, 0) is 111 Å². The van der Waals surface area contributed by atoms with Crippen molar-refractivity contribution in [1.82, 2.24) is 0 Å². The molecular weight excluding hydrogens is 989 g/mol. The van der Waals surface area contributed by atoms with Crippen molar-refractivity contribution in [2.75, 3.05) is 19.8 Å². The Balaban J connectivity index is 1.02. The molecule has 0 aromatic heterocycles. The van der Waals surface area contributed by atoms with Gasteiger partial charge in [-0.25, -0.2) is 0 Å². The number of aliphatic hydroxyl groups is 13. The van der Waals surface area contributed by atoms with Crippen molar-refractivity contribution in [3.05, 3.63) is 11.6 Å². The Labute approximate surface area is 437 Å². The summed E-state index contributed by atoms with van der Waals surface area (Å²) in [4.78, 5) is 15.6. The van der Waals surface area contributed by atoms with Crippen molar-refractivity contribution in [3.8, 4) is 0 Å². The molecule has 4 heterocycles. The Kier molecular flexibility index (Phi) is 16.1. The minimum Gasteiger partial charge on any atom is -0.432 e. The predicted molar refractivity (Wildman–Crippen MR) is 257 cm³/mol. The standard InChI is InChI=1S/C53H86O22/c1-22-31(58)35(62)38(65)43(68-22)73-41-40(72-44-37(64)34(61)28(20-55)70-44)32(59)23(2)69-46(41)75-47(67)53-15-13-48(3,4)17-25(53)24-9-10-30-49(5)18-26(57)42(74-45-39(66)36(63)33(60)27(19-54)71-45)50(6,21-56)29(49)11-12-52(30,8)51(24,7)14-16-53/h9,22-23,25-46,54-66H,10-21H2,1-8H3/t22-,23+,25-,26-,27+,28+,29+,30+,31-,32-,33+,34+,35+,36-,37-,38+,39+,40+,41+,42-,43-,44-,45-,46-,49-,50-,51+,52+,53-/m0/s1. The first kappa shape index (κ1) is 58.1. The van der Waals surface area contributed by atoms with Crippen LogP contribution in [0.5, 0.6) is 0 Å². The van der Waals surface area contributed by atoms with Crippen LogP contribution in [0, 0.1) is 50.2 Å². The molecule has 0 radical (unpaired) electrons. The van der Waals surface area contributed by atoms with Crippen LogP contribution < -0.4 is 0 Å². The first-order chi connectivity index (χ1) is 35.1. The molecule has 8 fully saturated rings. The summed E-state index contributed by atoms with van der Waals surface area (Å²) in [5.41, 5.74) is -2.60. The lowest BCUT2D eigenvalue weighted by Gasteiger charge is -2.72. The van der Waals surface area contributed by atoms with Gasteiger partial charge in [0.15, 0.2) is 25.0 Å². The second-order valence-electron chi connectivity index (χ2n) is 25.8. The van der Waals surface area contributed by atoms with Crippen LogP contribution in [-0.2, 0) is 42.7 Å². The molecule has 430 valence electrons. The van der Waals surface area contributed by atoms with Gasteiger partial charge in [-0.1, -0.05) is 53.2 Å². The van der Waals surface area contributed by atoms with E-state index >= 15 is 4.79 Å². The highest BCUT2D eigenvalue weighted by molar-refractivity contribution is 5.79. The summed E-state index contributed by atoms with van der Waals surface area (Å²) in [6, 6.07) is 0. The minimum absolute atomic E-state index is 0.0171. The van der Waals surface area contributed by atoms with Gasteiger partial charge < -0.3 is 104 Å². The number of rotatable bonds is 11. The van der Waals surface area contributed by atoms with Crippen molar-refractivity contribution < 1.29 is 109 Å². The lowest BCUT2D eigenvalue weighted by atomic mass is 9.33. The van der Waals surface area contributed by atoms with Crippen molar-refractivity contribution in [2.45, 2.75) is 242 Å². The zero-order valence-electron chi connectivity index (χ0n) is 44.4. The maximum atomic E-state index is 15.6. The molecule has 4 saturated carbocycles. The van der Waals surface area contributed by atoms with Crippen LogP contribution in [0.1, 0.15) is 113 Å². The Morgan fingerprint density at radius 2 is 1.12 bits per heavy atom. The third-order valence-corrected chi connectivity index (χ3v) is 21.1. The van der Waals surface area contributed by atoms with E-state index in [9.17, 15) is 66.4 Å². The van der Waals surface area contributed by atoms with E-state index in [1.807, 2.05) is 6.92 Å². The Hall–Kier alpha value is -1.59. The topological polar surface area (TPSA) is 354 Å². The van der Waals surface area contributed by atoms with Crippen molar-refractivity contribution in [3.63, 3.8) is 0 Å². The van der Waals surface area contributed by atoms with Gasteiger partial charge in [0.05, 0.1) is 49.7 Å². The van der Waals surface area contributed by atoms with E-state index < -0.39 is 170 Å². The molecule has 0 aromatic carbocycles. The number of fused-ring (bicyclic) bond motifs is 7. The zero-order valence-corrected chi connectivity index (χ0v) is 44.4. The lowest BCUT2D eigenvalue weighted by Crippen LogP contribution is -2.69. The average molecular weight is 1080 g/mol. The highest BCUT2D eigenvalue weighted by Gasteiger charge is 2.72. The molecule has 0 bridgehead atoms. The molecule has 22 nitrogen and oxygen atoms in total. The molecule has 0 unspecified atom stereocenters. The molecule has 0 aromatic rings. The van der Waals surface area contributed by atoms with Gasteiger partial charge in [0.25, 0.3) is 0 Å². The third kappa shape index (κ3) is 9.21. The quantitative estimate of drug-likeness (QED) is 0.0643. The Morgan fingerprint density at radius 3 is 1.75 bits per heavy atom. The molecule has 0 spiro atoms. The Morgan fingerprint density at radius 1 is 0.587 bits per heavy atom. The predicted octanol–water partition coefficient (Wildman–Crippen LogP) is -1.40. The van der Waals surface area contributed by atoms with Gasteiger partial charge in [-0.2, -0.15) is 0 Å². The van der Waals surface area contributed by atoms with Crippen molar-refractivity contribution >= 4 is 5.97 Å². The summed E-state index contributed by atoms with van der Waals surface area (Å²) in [6.45, 7) is 14.3. The van der Waals surface area contributed by atoms with Gasteiger partial charge in [-0.15, -0.1) is 0 Å². The average Bonchev–Trinajstić information content (AvgIpc) is 3.64. The number of hydrogen-bond donors (Lipinski definition) is 13. The fraction of sp³-hybridized carbons (Fsp3) is 0.943. The molecule has 22 heteroatoms. The number of aliphatic hydroxyl groups excluding tert-OH is 13. The molecule has 75 heavy (non-hydrogen) atoms. The summed E-state index contributed by atoms with van der Waals surface area (Å²) in [7, 11) is 0. The SMILES string of the molecule is C[C@@H]1O[C@@H](O[C@H]2[C@H](OC(=O)[C@]34CCC(C)(C)C[C@H]3C3=CC[C@@H]5[C@@]6(C)C[C@H](O)[C@H](O[C@@H]7O[C@H](CO)[C@@H](O)[C@H](O)[C@H]7O)[C@@](C)(CO)[C@@H]6CC[C@@]5(C)[C@]3(C)CC4)O[C@H](C)[C@H](O)[C@H]2O[C@@H]2O[C@H](CO)[C@@H](O)[C@@H]2O)[C@H](O)[C@H](O)[C@H]1O. The zero-order chi connectivity index (χ0) is 54.9. The molecule has 13 N–H and O–H groups in total. The molecule has 4 aliphatic heterocycles. The number of hydrogen-bond acceptors (Lipinski definition) is 22. The van der Waals surface area contributed by atoms with Gasteiger partial charge >= 0.3 is 5.97 Å². The van der Waals surface area contributed by atoms with Crippen LogP contribution in [0.2, 0.25) is 0 Å². The molecule has 9 rings (SSSR count). The highest BCUT2D eigenvalue weighted by atomic mass is 16.8. The second kappa shape index (κ2) is 20.7. The monoisotopic (exact) mass is 1070 g/mol. The highest BCUT2D eigenvalue weighted by Crippen LogP contribution is 2.76. The second-order valence-corrected chi connectivity index (χ2v) is 25.8. The fourth-order valence-corrected chi connectivity index (χ4v) is 16.3.